The Bertz CT molecular complexity index is 382. The normalized spacial score (nSPS) is 9.69. The van der Waals surface area contributed by atoms with Gasteiger partial charge in [0, 0.05) is 18.5 Å². The van der Waals surface area contributed by atoms with E-state index in [9.17, 15) is 4.79 Å². The molecule has 0 aliphatic carbocycles. The van der Waals surface area contributed by atoms with E-state index >= 15 is 0 Å². The van der Waals surface area contributed by atoms with Crippen LogP contribution in [0.4, 0.5) is 5.69 Å². The number of amides is 1. The van der Waals surface area contributed by atoms with Crippen molar-refractivity contribution < 1.29 is 4.79 Å². The Balaban J connectivity index is 2.14. The van der Waals surface area contributed by atoms with Crippen LogP contribution in [-0.2, 0) is 11.3 Å². The van der Waals surface area contributed by atoms with Crippen LogP contribution >= 0.6 is 11.8 Å². The van der Waals surface area contributed by atoms with E-state index in [1.54, 1.807) is 18.0 Å². The minimum absolute atomic E-state index is 0.0793. The lowest BCUT2D eigenvalue weighted by molar-refractivity contribution is -0.121. The SMILES string of the molecule is C#CCSCCNC(=O)Cn1cc(N)cn1. The molecule has 86 valence electrons. The number of hydrogen-bond donors (Lipinski definition) is 2. The Kier molecular flexibility index (Phi) is 5.29. The topological polar surface area (TPSA) is 72.9 Å². The van der Waals surface area contributed by atoms with Gasteiger partial charge in [0.1, 0.15) is 6.54 Å². The zero-order valence-electron chi connectivity index (χ0n) is 8.85. The molecular weight excluding hydrogens is 224 g/mol. The van der Waals surface area contributed by atoms with Gasteiger partial charge in [0.2, 0.25) is 5.91 Å². The lowest BCUT2D eigenvalue weighted by Crippen LogP contribution is -2.29. The molecule has 0 aliphatic heterocycles. The maximum Gasteiger partial charge on any atom is 0.241 e. The van der Waals surface area contributed by atoms with E-state index in [1.807, 2.05) is 0 Å². The zero-order chi connectivity index (χ0) is 11.8. The van der Waals surface area contributed by atoms with Gasteiger partial charge in [-0.3, -0.25) is 9.48 Å². The van der Waals surface area contributed by atoms with Crippen molar-refractivity contribution in [1.29, 1.82) is 0 Å². The van der Waals surface area contributed by atoms with Gasteiger partial charge >= 0.3 is 0 Å². The predicted molar refractivity (Wildman–Crippen MR) is 65.8 cm³/mol. The molecule has 0 saturated carbocycles. The summed E-state index contributed by atoms with van der Waals surface area (Å²) in [6, 6.07) is 0. The van der Waals surface area contributed by atoms with Crippen molar-refractivity contribution in [3.63, 3.8) is 0 Å². The van der Waals surface area contributed by atoms with Crippen molar-refractivity contribution in [1.82, 2.24) is 15.1 Å². The third-order valence-corrected chi connectivity index (χ3v) is 2.58. The molecule has 0 radical (unpaired) electrons. The van der Waals surface area contributed by atoms with Crippen LogP contribution < -0.4 is 11.1 Å². The van der Waals surface area contributed by atoms with Crippen LogP contribution in [0.2, 0.25) is 0 Å². The van der Waals surface area contributed by atoms with E-state index in [0.717, 1.165) is 5.75 Å². The second kappa shape index (κ2) is 6.80. The molecule has 0 saturated heterocycles. The molecule has 0 atom stereocenters. The number of carbonyl (C=O) groups excluding carboxylic acids is 1. The van der Waals surface area contributed by atoms with E-state index in [4.69, 9.17) is 12.2 Å². The maximum atomic E-state index is 11.4. The molecule has 1 amide bonds. The largest absolute Gasteiger partial charge is 0.396 e. The summed E-state index contributed by atoms with van der Waals surface area (Å²) in [5.41, 5.74) is 6.03. The number of anilines is 1. The van der Waals surface area contributed by atoms with Crippen molar-refractivity contribution in [3.8, 4) is 12.3 Å². The summed E-state index contributed by atoms with van der Waals surface area (Å²) in [7, 11) is 0. The minimum Gasteiger partial charge on any atom is -0.396 e. The summed E-state index contributed by atoms with van der Waals surface area (Å²) in [6.45, 7) is 0.805. The van der Waals surface area contributed by atoms with E-state index in [-0.39, 0.29) is 12.5 Å². The van der Waals surface area contributed by atoms with Gasteiger partial charge in [-0.2, -0.15) is 5.10 Å². The fourth-order valence-electron chi connectivity index (χ4n) is 1.06. The number of nitrogens with two attached hydrogens (primary N) is 1. The molecule has 0 fully saturated rings. The predicted octanol–water partition coefficient (Wildman–Crippen LogP) is -0.0521. The molecule has 3 N–H and O–H groups in total. The van der Waals surface area contributed by atoms with Gasteiger partial charge in [-0.15, -0.1) is 18.2 Å². The molecule has 0 unspecified atom stereocenters. The quantitative estimate of drug-likeness (QED) is 0.538. The standard InChI is InChI=1S/C10H14N4OS/c1-2-4-16-5-3-12-10(15)8-14-7-9(11)6-13-14/h1,6-7H,3-5,8,11H2,(H,12,15). The summed E-state index contributed by atoms with van der Waals surface area (Å²) >= 11 is 1.61. The maximum absolute atomic E-state index is 11.4. The molecule has 0 aromatic carbocycles. The van der Waals surface area contributed by atoms with Gasteiger partial charge in [0.05, 0.1) is 17.6 Å². The van der Waals surface area contributed by atoms with Crippen LogP contribution in [0.15, 0.2) is 12.4 Å². The van der Waals surface area contributed by atoms with Gasteiger partial charge in [-0.25, -0.2) is 0 Å². The Morgan fingerprint density at radius 2 is 2.56 bits per heavy atom. The highest BCUT2D eigenvalue weighted by Gasteiger charge is 2.02. The lowest BCUT2D eigenvalue weighted by atomic mass is 10.5. The fourth-order valence-corrected chi connectivity index (χ4v) is 1.57. The van der Waals surface area contributed by atoms with E-state index in [2.05, 4.69) is 16.3 Å². The summed E-state index contributed by atoms with van der Waals surface area (Å²) in [5, 5.41) is 6.68. The van der Waals surface area contributed by atoms with Gasteiger partial charge in [-0.05, 0) is 0 Å². The number of nitrogen functional groups attached to an aromatic ring is 1. The van der Waals surface area contributed by atoms with Gasteiger partial charge in [-0.1, -0.05) is 5.92 Å². The minimum atomic E-state index is -0.0793. The molecule has 1 rings (SSSR count). The van der Waals surface area contributed by atoms with Crippen molar-refractivity contribution in [2.24, 2.45) is 0 Å². The van der Waals surface area contributed by atoms with E-state index < -0.39 is 0 Å². The number of carbonyl (C=O) groups is 1. The molecule has 0 spiro atoms. The smallest absolute Gasteiger partial charge is 0.241 e. The van der Waals surface area contributed by atoms with Gasteiger partial charge < -0.3 is 11.1 Å². The summed E-state index contributed by atoms with van der Waals surface area (Å²) in [6.07, 6.45) is 8.22. The molecule has 0 aliphatic rings. The number of hydrogen-bond acceptors (Lipinski definition) is 4. The van der Waals surface area contributed by atoms with Gasteiger partial charge in [0.25, 0.3) is 0 Å². The Morgan fingerprint density at radius 3 is 3.19 bits per heavy atom. The molecule has 16 heavy (non-hydrogen) atoms. The van der Waals surface area contributed by atoms with Crippen molar-refractivity contribution in [2.45, 2.75) is 6.54 Å². The molecule has 5 nitrogen and oxygen atoms in total. The number of thioether (sulfide) groups is 1. The lowest BCUT2D eigenvalue weighted by Gasteiger charge is -2.04. The molecule has 1 aromatic heterocycles. The molecule has 1 aromatic rings. The Hall–Kier alpha value is -1.61. The van der Waals surface area contributed by atoms with Crippen LogP contribution in [-0.4, -0.2) is 33.7 Å². The third kappa shape index (κ3) is 4.75. The monoisotopic (exact) mass is 238 g/mol. The van der Waals surface area contributed by atoms with Crippen molar-refractivity contribution in [3.05, 3.63) is 12.4 Å². The summed E-state index contributed by atoms with van der Waals surface area (Å²) < 4.78 is 1.50. The number of rotatable bonds is 6. The molecule has 6 heteroatoms. The van der Waals surface area contributed by atoms with Gasteiger partial charge in [0.15, 0.2) is 0 Å². The first-order valence-electron chi connectivity index (χ1n) is 4.78. The van der Waals surface area contributed by atoms with E-state index in [0.29, 0.717) is 18.0 Å². The zero-order valence-corrected chi connectivity index (χ0v) is 9.67. The first-order chi connectivity index (χ1) is 7.72. The highest BCUT2D eigenvalue weighted by atomic mass is 32.2. The van der Waals surface area contributed by atoms with E-state index in [1.165, 1.54) is 10.9 Å². The number of terminal acetylenes is 1. The van der Waals surface area contributed by atoms with Crippen LogP contribution in [0.1, 0.15) is 0 Å². The number of aromatic nitrogens is 2. The van der Waals surface area contributed by atoms with Crippen LogP contribution in [0.3, 0.4) is 0 Å². The summed E-state index contributed by atoms with van der Waals surface area (Å²) in [5.74, 6) is 3.93. The molecule has 1 heterocycles. The average Bonchev–Trinajstić information content (AvgIpc) is 2.63. The highest BCUT2D eigenvalue weighted by Crippen LogP contribution is 1.97. The Morgan fingerprint density at radius 1 is 1.75 bits per heavy atom. The highest BCUT2D eigenvalue weighted by molar-refractivity contribution is 7.99. The second-order valence-electron chi connectivity index (χ2n) is 3.08. The number of nitrogens with zero attached hydrogens (tertiary/aromatic N) is 2. The first-order valence-corrected chi connectivity index (χ1v) is 5.93. The van der Waals surface area contributed by atoms with Crippen LogP contribution in [0.25, 0.3) is 0 Å². The first kappa shape index (κ1) is 12.5. The molecule has 0 bridgehead atoms. The molecular formula is C10H14N4OS. The summed E-state index contributed by atoms with van der Waals surface area (Å²) in [4.78, 5) is 11.4. The number of nitrogens with one attached hydrogen (secondary N) is 1. The van der Waals surface area contributed by atoms with Crippen molar-refractivity contribution in [2.75, 3.05) is 23.8 Å². The fraction of sp³-hybridized carbons (Fsp3) is 0.400. The second-order valence-corrected chi connectivity index (χ2v) is 4.18. The Labute approximate surface area is 98.8 Å². The average molecular weight is 238 g/mol. The van der Waals surface area contributed by atoms with Crippen LogP contribution in [0.5, 0.6) is 0 Å². The third-order valence-electron chi connectivity index (χ3n) is 1.71. The van der Waals surface area contributed by atoms with Crippen molar-refractivity contribution >= 4 is 23.4 Å². The van der Waals surface area contributed by atoms with Crippen LogP contribution in [0, 0.1) is 12.3 Å².